The fourth-order valence-corrected chi connectivity index (χ4v) is 3.87. The van der Waals surface area contributed by atoms with E-state index in [1.807, 2.05) is 55.5 Å². The zero-order valence-corrected chi connectivity index (χ0v) is 13.3. The molecule has 3 rings (SSSR count). The molecule has 4 nitrogen and oxygen atoms in total. The SMILES string of the molecule is Cc1cccc(CS(=O)(=O)NCC2COc3ccccc32)c1. The second-order valence-electron chi connectivity index (χ2n) is 5.64. The lowest BCUT2D eigenvalue weighted by Gasteiger charge is -2.11. The Morgan fingerprint density at radius 2 is 2.00 bits per heavy atom. The zero-order chi connectivity index (χ0) is 15.6. The van der Waals surface area contributed by atoms with E-state index in [1.54, 1.807) is 0 Å². The summed E-state index contributed by atoms with van der Waals surface area (Å²) in [5.74, 6) is 0.929. The number of sulfonamides is 1. The van der Waals surface area contributed by atoms with Gasteiger partial charge in [-0.3, -0.25) is 0 Å². The lowest BCUT2D eigenvalue weighted by molar-refractivity contribution is 0.330. The van der Waals surface area contributed by atoms with Gasteiger partial charge in [0.2, 0.25) is 10.0 Å². The Morgan fingerprint density at radius 1 is 1.18 bits per heavy atom. The zero-order valence-electron chi connectivity index (χ0n) is 12.5. The van der Waals surface area contributed by atoms with E-state index in [0.717, 1.165) is 22.4 Å². The molecule has 1 unspecified atom stereocenters. The smallest absolute Gasteiger partial charge is 0.215 e. The third-order valence-electron chi connectivity index (χ3n) is 3.79. The van der Waals surface area contributed by atoms with E-state index in [0.29, 0.717) is 13.2 Å². The van der Waals surface area contributed by atoms with Crippen LogP contribution in [0.2, 0.25) is 0 Å². The Balaban J connectivity index is 1.64. The largest absolute Gasteiger partial charge is 0.493 e. The summed E-state index contributed by atoms with van der Waals surface area (Å²) >= 11 is 0. The minimum Gasteiger partial charge on any atom is -0.493 e. The van der Waals surface area contributed by atoms with Crippen molar-refractivity contribution < 1.29 is 13.2 Å². The van der Waals surface area contributed by atoms with E-state index in [1.165, 1.54) is 0 Å². The minimum atomic E-state index is -3.35. The number of rotatable bonds is 5. The van der Waals surface area contributed by atoms with Crippen LogP contribution < -0.4 is 9.46 Å². The number of nitrogens with one attached hydrogen (secondary N) is 1. The molecular formula is C17H19NO3S. The van der Waals surface area contributed by atoms with Crippen LogP contribution in [0, 0.1) is 6.92 Å². The van der Waals surface area contributed by atoms with E-state index in [-0.39, 0.29) is 11.7 Å². The van der Waals surface area contributed by atoms with Crippen LogP contribution in [0.1, 0.15) is 22.6 Å². The van der Waals surface area contributed by atoms with Gasteiger partial charge in [0.05, 0.1) is 12.4 Å². The van der Waals surface area contributed by atoms with Crippen molar-refractivity contribution in [2.45, 2.75) is 18.6 Å². The molecule has 2 aromatic rings. The Hall–Kier alpha value is -1.85. The standard InChI is InChI=1S/C17H19NO3S/c1-13-5-4-6-14(9-13)12-22(19,20)18-10-15-11-21-17-8-3-2-7-16(15)17/h2-9,15,18H,10-12H2,1H3. The van der Waals surface area contributed by atoms with Gasteiger partial charge in [-0.15, -0.1) is 0 Å². The van der Waals surface area contributed by atoms with Crippen LogP contribution in [0.4, 0.5) is 0 Å². The number of para-hydroxylation sites is 1. The molecule has 0 amide bonds. The van der Waals surface area contributed by atoms with Gasteiger partial charge in [0.1, 0.15) is 5.75 Å². The van der Waals surface area contributed by atoms with Crippen molar-refractivity contribution in [1.82, 2.24) is 4.72 Å². The third kappa shape index (κ3) is 3.48. The molecule has 0 saturated heterocycles. The molecular weight excluding hydrogens is 298 g/mol. The highest BCUT2D eigenvalue weighted by Crippen LogP contribution is 2.32. The molecule has 0 radical (unpaired) electrons. The predicted molar refractivity (Wildman–Crippen MR) is 86.5 cm³/mol. The molecule has 1 heterocycles. The maximum Gasteiger partial charge on any atom is 0.215 e. The first kappa shape index (κ1) is 15.1. The molecule has 0 spiro atoms. The van der Waals surface area contributed by atoms with Crippen molar-refractivity contribution in [1.29, 1.82) is 0 Å². The molecule has 116 valence electrons. The molecule has 22 heavy (non-hydrogen) atoms. The molecule has 0 saturated carbocycles. The fraction of sp³-hybridized carbons (Fsp3) is 0.294. The summed E-state index contributed by atoms with van der Waals surface area (Å²) in [6.07, 6.45) is 0. The average Bonchev–Trinajstić information content (AvgIpc) is 2.88. The summed E-state index contributed by atoms with van der Waals surface area (Å²) in [5, 5.41) is 0. The summed E-state index contributed by atoms with van der Waals surface area (Å²) in [6, 6.07) is 15.3. The summed E-state index contributed by atoms with van der Waals surface area (Å²) in [4.78, 5) is 0. The number of aryl methyl sites for hydroxylation is 1. The van der Waals surface area contributed by atoms with Crippen molar-refractivity contribution in [2.24, 2.45) is 0 Å². The predicted octanol–water partition coefficient (Wildman–Crippen LogP) is 2.59. The quantitative estimate of drug-likeness (QED) is 0.922. The van der Waals surface area contributed by atoms with Crippen LogP contribution in [0.25, 0.3) is 0 Å². The molecule has 0 aromatic heterocycles. The van der Waals surface area contributed by atoms with Crippen LogP contribution in [0.5, 0.6) is 5.75 Å². The van der Waals surface area contributed by atoms with Crippen molar-refractivity contribution in [3.63, 3.8) is 0 Å². The molecule has 5 heteroatoms. The summed E-state index contributed by atoms with van der Waals surface area (Å²) < 4.78 is 32.7. The lowest BCUT2D eigenvalue weighted by atomic mass is 10.0. The second kappa shape index (κ2) is 6.10. The van der Waals surface area contributed by atoms with Gasteiger partial charge in [-0.1, -0.05) is 48.0 Å². The fourth-order valence-electron chi connectivity index (χ4n) is 2.70. The van der Waals surface area contributed by atoms with Gasteiger partial charge in [-0.05, 0) is 18.6 Å². The second-order valence-corrected chi connectivity index (χ2v) is 7.45. The lowest BCUT2D eigenvalue weighted by Crippen LogP contribution is -2.30. The van der Waals surface area contributed by atoms with Gasteiger partial charge in [0, 0.05) is 18.0 Å². The van der Waals surface area contributed by atoms with Gasteiger partial charge < -0.3 is 4.74 Å². The molecule has 0 fully saturated rings. The highest BCUT2D eigenvalue weighted by molar-refractivity contribution is 7.88. The topological polar surface area (TPSA) is 55.4 Å². The van der Waals surface area contributed by atoms with Crippen molar-refractivity contribution >= 4 is 10.0 Å². The van der Waals surface area contributed by atoms with Gasteiger partial charge in [-0.2, -0.15) is 0 Å². The third-order valence-corrected chi connectivity index (χ3v) is 5.11. The first-order chi connectivity index (χ1) is 10.5. The number of fused-ring (bicyclic) bond motifs is 1. The van der Waals surface area contributed by atoms with Crippen LogP contribution >= 0.6 is 0 Å². The Morgan fingerprint density at radius 3 is 2.82 bits per heavy atom. The summed E-state index contributed by atoms with van der Waals surface area (Å²) in [6.45, 7) is 2.84. The maximum atomic E-state index is 12.2. The average molecular weight is 317 g/mol. The molecule has 2 aromatic carbocycles. The first-order valence-electron chi connectivity index (χ1n) is 7.28. The molecule has 1 aliphatic rings. The number of hydrogen-bond donors (Lipinski definition) is 1. The number of benzene rings is 2. The van der Waals surface area contributed by atoms with Crippen LogP contribution in [0.15, 0.2) is 48.5 Å². The highest BCUT2D eigenvalue weighted by atomic mass is 32.2. The van der Waals surface area contributed by atoms with Gasteiger partial charge in [0.15, 0.2) is 0 Å². The van der Waals surface area contributed by atoms with Gasteiger partial charge in [0.25, 0.3) is 0 Å². The Bertz CT molecular complexity index is 771. The van der Waals surface area contributed by atoms with Crippen LogP contribution in [-0.4, -0.2) is 21.6 Å². The Kier molecular flexibility index (Phi) is 4.18. The van der Waals surface area contributed by atoms with Gasteiger partial charge >= 0.3 is 0 Å². The maximum absolute atomic E-state index is 12.2. The van der Waals surface area contributed by atoms with Gasteiger partial charge in [-0.25, -0.2) is 13.1 Å². The first-order valence-corrected chi connectivity index (χ1v) is 8.93. The van der Waals surface area contributed by atoms with E-state index in [4.69, 9.17) is 4.74 Å². The van der Waals surface area contributed by atoms with Crippen molar-refractivity contribution in [2.75, 3.05) is 13.2 Å². The minimum absolute atomic E-state index is 0.00387. The molecule has 1 aliphatic heterocycles. The van der Waals surface area contributed by atoms with Crippen LogP contribution in [0.3, 0.4) is 0 Å². The van der Waals surface area contributed by atoms with E-state index in [2.05, 4.69) is 4.72 Å². The molecule has 1 N–H and O–H groups in total. The highest BCUT2D eigenvalue weighted by Gasteiger charge is 2.25. The number of hydrogen-bond acceptors (Lipinski definition) is 3. The molecule has 0 bridgehead atoms. The molecule has 0 aliphatic carbocycles. The Labute approximate surface area is 131 Å². The summed E-state index contributed by atoms with van der Waals surface area (Å²) in [7, 11) is -3.35. The normalized spacial score (nSPS) is 17.0. The number of ether oxygens (including phenoxy) is 1. The van der Waals surface area contributed by atoms with Crippen molar-refractivity contribution in [3.8, 4) is 5.75 Å². The van der Waals surface area contributed by atoms with E-state index in [9.17, 15) is 8.42 Å². The van der Waals surface area contributed by atoms with Crippen LogP contribution in [-0.2, 0) is 15.8 Å². The van der Waals surface area contributed by atoms with E-state index >= 15 is 0 Å². The van der Waals surface area contributed by atoms with Crippen molar-refractivity contribution in [3.05, 3.63) is 65.2 Å². The summed E-state index contributed by atoms with van der Waals surface area (Å²) in [5.41, 5.74) is 2.93. The molecule has 1 atom stereocenters. The monoisotopic (exact) mass is 317 g/mol. The van der Waals surface area contributed by atoms with E-state index < -0.39 is 10.0 Å².